The minimum Gasteiger partial charge on any atom is -0.488 e. The number of aliphatic hydroxyl groups is 3. The van der Waals surface area contributed by atoms with Crippen molar-refractivity contribution in [1.29, 1.82) is 0 Å². The van der Waals surface area contributed by atoms with Gasteiger partial charge < -0.3 is 24.8 Å². The molecular formula is C28H29F2NO5. The molecule has 2 fully saturated rings. The minimum atomic E-state index is -1.38. The lowest BCUT2D eigenvalue weighted by molar-refractivity contribution is -0.0875. The summed E-state index contributed by atoms with van der Waals surface area (Å²) in [5.41, 5.74) is -0.534. The third-order valence-corrected chi connectivity index (χ3v) is 7.14. The Labute approximate surface area is 208 Å². The van der Waals surface area contributed by atoms with Crippen molar-refractivity contribution in [3.05, 3.63) is 95.6 Å². The maximum absolute atomic E-state index is 14.6. The van der Waals surface area contributed by atoms with E-state index >= 15 is 0 Å². The number of halogens is 2. The molecule has 6 nitrogen and oxygen atoms in total. The normalized spacial score (nSPS) is 26.5. The van der Waals surface area contributed by atoms with Crippen molar-refractivity contribution < 1.29 is 33.6 Å². The van der Waals surface area contributed by atoms with Crippen molar-refractivity contribution in [3.63, 3.8) is 0 Å². The summed E-state index contributed by atoms with van der Waals surface area (Å²) in [7, 11) is 0. The van der Waals surface area contributed by atoms with Crippen LogP contribution in [0.15, 0.2) is 72.8 Å². The van der Waals surface area contributed by atoms with Crippen molar-refractivity contribution in [2.75, 3.05) is 19.6 Å². The topological polar surface area (TPSA) is 82.4 Å². The number of para-hydroxylation sites is 1. The van der Waals surface area contributed by atoms with E-state index in [0.29, 0.717) is 18.7 Å². The molecule has 5 atom stereocenters. The number of hydrogen-bond donors (Lipinski definition) is 3. The number of fused-ring (bicyclic) bond motifs is 1. The third kappa shape index (κ3) is 4.95. The van der Waals surface area contributed by atoms with Gasteiger partial charge in [0.15, 0.2) is 17.4 Å². The van der Waals surface area contributed by atoms with Crippen LogP contribution in [0.5, 0.6) is 11.5 Å². The number of β-amino-alcohol motifs (C(OH)–C–C–N with tert-alkyl or cyclic N) is 2. The molecular weight excluding hydrogens is 468 g/mol. The van der Waals surface area contributed by atoms with Gasteiger partial charge in [-0.1, -0.05) is 48.5 Å². The monoisotopic (exact) mass is 497 g/mol. The smallest absolute Gasteiger partial charge is 0.191 e. The zero-order chi connectivity index (χ0) is 25.3. The number of rotatable bonds is 8. The number of aliphatic hydroxyl groups excluding tert-OH is 2. The Morgan fingerprint density at radius 3 is 2.28 bits per heavy atom. The van der Waals surface area contributed by atoms with Gasteiger partial charge in [-0.05, 0) is 41.8 Å². The van der Waals surface area contributed by atoms with E-state index in [1.807, 2.05) is 36.4 Å². The number of nitrogens with zero attached hydrogens (tertiary/aromatic N) is 1. The van der Waals surface area contributed by atoms with Gasteiger partial charge in [0.25, 0.3) is 0 Å². The molecule has 36 heavy (non-hydrogen) atoms. The van der Waals surface area contributed by atoms with Crippen LogP contribution < -0.4 is 9.47 Å². The molecule has 0 spiro atoms. The summed E-state index contributed by atoms with van der Waals surface area (Å²) in [4.78, 5) is 1.80. The Hall–Kier alpha value is -3.04. The second-order valence-corrected chi connectivity index (χ2v) is 9.64. The molecule has 3 aromatic rings. The van der Waals surface area contributed by atoms with Crippen molar-refractivity contribution in [1.82, 2.24) is 4.90 Å². The SMILES string of the molecule is O[C@@H]1[C@H](Oc2ccccc2)C[C@H]2CN(C[C@H](O)c3cc(F)c(OCc4ccccc4)c(F)c3)C[C@]21O. The zero-order valence-corrected chi connectivity index (χ0v) is 19.6. The molecule has 190 valence electrons. The first-order chi connectivity index (χ1) is 17.3. The van der Waals surface area contributed by atoms with Crippen LogP contribution in [0.1, 0.15) is 23.7 Å². The third-order valence-electron chi connectivity index (χ3n) is 7.14. The fourth-order valence-corrected chi connectivity index (χ4v) is 5.28. The Morgan fingerprint density at radius 2 is 1.64 bits per heavy atom. The van der Waals surface area contributed by atoms with E-state index in [1.165, 1.54) is 0 Å². The Kier molecular flexibility index (Phi) is 6.94. The van der Waals surface area contributed by atoms with E-state index in [-0.39, 0.29) is 31.2 Å². The summed E-state index contributed by atoms with van der Waals surface area (Å²) in [6.45, 7) is 0.608. The number of benzene rings is 3. The van der Waals surface area contributed by atoms with Crippen molar-refractivity contribution in [3.8, 4) is 11.5 Å². The summed E-state index contributed by atoms with van der Waals surface area (Å²) >= 11 is 0. The lowest BCUT2D eigenvalue weighted by Gasteiger charge is -2.29. The molecule has 2 aliphatic rings. The summed E-state index contributed by atoms with van der Waals surface area (Å²) in [5, 5.41) is 32.7. The van der Waals surface area contributed by atoms with Gasteiger partial charge in [-0.3, -0.25) is 4.90 Å². The lowest BCUT2D eigenvalue weighted by Crippen LogP contribution is -2.49. The van der Waals surface area contributed by atoms with Gasteiger partial charge in [0.2, 0.25) is 0 Å². The van der Waals surface area contributed by atoms with Crippen LogP contribution in [-0.2, 0) is 6.61 Å². The number of likely N-dealkylation sites (tertiary alicyclic amines) is 1. The first kappa shape index (κ1) is 24.6. The highest BCUT2D eigenvalue weighted by Gasteiger charge is 2.59. The van der Waals surface area contributed by atoms with Gasteiger partial charge >= 0.3 is 0 Å². The Morgan fingerprint density at radius 1 is 1.00 bits per heavy atom. The van der Waals surface area contributed by atoms with Gasteiger partial charge in [-0.15, -0.1) is 0 Å². The average Bonchev–Trinajstić information content (AvgIpc) is 3.29. The van der Waals surface area contributed by atoms with Crippen molar-refractivity contribution >= 4 is 0 Å². The van der Waals surface area contributed by atoms with E-state index < -0.39 is 41.3 Å². The summed E-state index contributed by atoms with van der Waals surface area (Å²) in [6, 6.07) is 20.3. The van der Waals surface area contributed by atoms with Crippen LogP contribution >= 0.6 is 0 Å². The standard InChI is InChI=1S/C28H29F2NO5/c29-22-11-19(12-23(30)26(22)35-16-18-7-3-1-4-8-18)24(32)15-31-14-20-13-25(27(33)28(20,34)17-31)36-21-9-5-2-6-10-21/h1-12,20,24-25,27,32-34H,13-17H2/t20-,24-,25+,27+,28-/m0/s1. The summed E-state index contributed by atoms with van der Waals surface area (Å²) in [5.74, 6) is -1.91. The van der Waals surface area contributed by atoms with Crippen LogP contribution in [0, 0.1) is 17.6 Å². The minimum absolute atomic E-state index is 0.0155. The molecule has 0 unspecified atom stereocenters. The van der Waals surface area contributed by atoms with E-state index in [4.69, 9.17) is 9.47 Å². The predicted molar refractivity (Wildman–Crippen MR) is 128 cm³/mol. The molecule has 1 aliphatic heterocycles. The maximum Gasteiger partial charge on any atom is 0.191 e. The second-order valence-electron chi connectivity index (χ2n) is 9.64. The fourth-order valence-electron chi connectivity index (χ4n) is 5.28. The van der Waals surface area contributed by atoms with Crippen molar-refractivity contribution in [2.24, 2.45) is 5.92 Å². The molecule has 0 aromatic heterocycles. The number of hydrogen-bond acceptors (Lipinski definition) is 6. The van der Waals surface area contributed by atoms with Gasteiger partial charge in [0.1, 0.15) is 30.2 Å². The highest BCUT2D eigenvalue weighted by Crippen LogP contribution is 2.44. The molecule has 1 aliphatic carbocycles. The Balaban J connectivity index is 1.20. The first-order valence-corrected chi connectivity index (χ1v) is 12.0. The van der Waals surface area contributed by atoms with Gasteiger partial charge in [0, 0.05) is 25.6 Å². The van der Waals surface area contributed by atoms with E-state index in [9.17, 15) is 24.1 Å². The van der Waals surface area contributed by atoms with E-state index in [0.717, 1.165) is 17.7 Å². The molecule has 5 rings (SSSR count). The highest BCUT2D eigenvalue weighted by molar-refractivity contribution is 5.33. The second kappa shape index (κ2) is 10.1. The predicted octanol–water partition coefficient (Wildman–Crippen LogP) is 3.45. The van der Waals surface area contributed by atoms with Crippen molar-refractivity contribution in [2.45, 2.75) is 36.9 Å². The zero-order valence-electron chi connectivity index (χ0n) is 19.6. The summed E-state index contributed by atoms with van der Waals surface area (Å²) < 4.78 is 40.5. The molecule has 0 amide bonds. The molecule has 1 saturated heterocycles. The first-order valence-electron chi connectivity index (χ1n) is 12.0. The van der Waals surface area contributed by atoms with Gasteiger partial charge in [-0.25, -0.2) is 8.78 Å². The van der Waals surface area contributed by atoms with E-state index in [1.54, 1.807) is 29.2 Å². The molecule has 0 bridgehead atoms. The van der Waals surface area contributed by atoms with Gasteiger partial charge in [0.05, 0.1) is 6.10 Å². The Bertz CT molecular complexity index is 1160. The highest BCUT2D eigenvalue weighted by atomic mass is 19.1. The van der Waals surface area contributed by atoms with Crippen LogP contribution in [0.25, 0.3) is 0 Å². The largest absolute Gasteiger partial charge is 0.488 e. The molecule has 0 radical (unpaired) electrons. The fraction of sp³-hybridized carbons (Fsp3) is 0.357. The molecule has 1 saturated carbocycles. The average molecular weight is 498 g/mol. The maximum atomic E-state index is 14.6. The number of ether oxygens (including phenoxy) is 2. The van der Waals surface area contributed by atoms with Crippen LogP contribution in [0.4, 0.5) is 8.78 Å². The molecule has 8 heteroatoms. The van der Waals surface area contributed by atoms with Gasteiger partial charge in [-0.2, -0.15) is 0 Å². The molecule has 1 heterocycles. The summed E-state index contributed by atoms with van der Waals surface area (Å²) in [6.07, 6.45) is -2.37. The molecule has 3 aromatic carbocycles. The lowest BCUT2D eigenvalue weighted by atomic mass is 9.93. The van der Waals surface area contributed by atoms with Crippen LogP contribution in [0.3, 0.4) is 0 Å². The van der Waals surface area contributed by atoms with Crippen LogP contribution in [-0.4, -0.2) is 57.7 Å². The van der Waals surface area contributed by atoms with E-state index in [2.05, 4.69) is 0 Å². The van der Waals surface area contributed by atoms with Crippen LogP contribution in [0.2, 0.25) is 0 Å². The molecule has 3 N–H and O–H groups in total. The quantitative estimate of drug-likeness (QED) is 0.442.